The minimum Gasteiger partial charge on any atom is -0.550 e. The van der Waals surface area contributed by atoms with E-state index in [1.807, 2.05) is 0 Å². The van der Waals surface area contributed by atoms with Crippen LogP contribution in [0.5, 0.6) is 0 Å². The van der Waals surface area contributed by atoms with Crippen molar-refractivity contribution in [2.24, 2.45) is 5.41 Å². The van der Waals surface area contributed by atoms with Gasteiger partial charge in [-0.1, -0.05) is 33.1 Å². The first-order chi connectivity index (χ1) is 9.65. The largest absolute Gasteiger partial charge is 4.00 e. The Balaban J connectivity index is -0.000000118. The Labute approximate surface area is 153 Å². The molecule has 0 fully saturated rings. The first-order valence-corrected chi connectivity index (χ1v) is 6.47. The number of carbonyl (C=O) groups is 3. The molecule has 1 aliphatic rings. The Morgan fingerprint density at radius 2 is 1.04 bits per heavy atom. The van der Waals surface area contributed by atoms with Gasteiger partial charge in [-0.05, 0) is 20.8 Å². The van der Waals surface area contributed by atoms with E-state index >= 15 is 0 Å². The molecular weight excluding hydrogens is 336 g/mol. The van der Waals surface area contributed by atoms with E-state index in [-0.39, 0.29) is 27.1 Å². The molecule has 0 N–H and O–H groups in total. The third-order valence-corrected chi connectivity index (χ3v) is 2.56. The minimum atomic E-state index is -1.08. The van der Waals surface area contributed by atoms with Crippen molar-refractivity contribution in [1.29, 1.82) is 0 Å². The first kappa shape index (κ1) is 29.6. The van der Waals surface area contributed by atoms with Gasteiger partial charge in [0, 0.05) is 17.9 Å². The van der Waals surface area contributed by atoms with Gasteiger partial charge in [0.05, 0.1) is 0 Å². The normalized spacial score (nSPS) is 13.5. The van der Waals surface area contributed by atoms with Gasteiger partial charge in [0.1, 0.15) is 0 Å². The van der Waals surface area contributed by atoms with Crippen LogP contribution in [0.4, 0.5) is 0 Å². The van der Waals surface area contributed by atoms with Gasteiger partial charge in [-0.2, -0.15) is 11.1 Å². The maximum atomic E-state index is 8.89. The average Bonchev–Trinajstić information content (AvgIpc) is 2.39. The standard InChI is InChI=1S/C10H15.3C2H4O2.Ti/c1-7-6-10(4,5)9(3)8(7)2;3*1-2(3)4;/h1-5H3;3*1H3,(H,3,4);/q-1;;;;+4/p-3. The van der Waals surface area contributed by atoms with Crippen molar-refractivity contribution in [3.63, 3.8) is 0 Å². The van der Waals surface area contributed by atoms with E-state index in [1.165, 1.54) is 16.7 Å². The Morgan fingerprint density at radius 1 is 0.826 bits per heavy atom. The molecule has 0 amide bonds. The number of hydrogen-bond acceptors (Lipinski definition) is 6. The molecule has 0 bridgehead atoms. The number of aliphatic carboxylic acids is 3. The predicted octanol–water partition coefficient (Wildman–Crippen LogP) is -0.622. The third kappa shape index (κ3) is 23.0. The fraction of sp³-hybridized carbons (Fsp3) is 0.562. The quantitative estimate of drug-likeness (QED) is 0.419. The number of allylic oxidation sites excluding steroid dienone is 4. The summed E-state index contributed by atoms with van der Waals surface area (Å²) in [6.45, 7) is 13.8. The third-order valence-electron chi connectivity index (χ3n) is 2.56. The van der Waals surface area contributed by atoms with Crippen molar-refractivity contribution in [2.75, 3.05) is 0 Å². The van der Waals surface area contributed by atoms with Gasteiger partial charge in [-0.15, -0.1) is 6.92 Å². The second-order valence-corrected chi connectivity index (χ2v) is 5.10. The molecule has 23 heavy (non-hydrogen) atoms. The molecule has 0 radical (unpaired) electrons. The zero-order valence-electron chi connectivity index (χ0n) is 14.9. The molecule has 1 rings (SSSR count). The predicted molar refractivity (Wildman–Crippen MR) is 76.6 cm³/mol. The van der Waals surface area contributed by atoms with Crippen LogP contribution in [-0.4, -0.2) is 17.9 Å². The molecule has 0 spiro atoms. The van der Waals surface area contributed by atoms with Crippen LogP contribution in [0.3, 0.4) is 0 Å². The molecule has 0 aromatic rings. The summed E-state index contributed by atoms with van der Waals surface area (Å²) in [5, 5.41) is 26.7. The van der Waals surface area contributed by atoms with E-state index in [0.29, 0.717) is 0 Å². The van der Waals surface area contributed by atoms with Crippen LogP contribution in [0.25, 0.3) is 0 Å². The van der Waals surface area contributed by atoms with Gasteiger partial charge in [0.2, 0.25) is 0 Å². The maximum Gasteiger partial charge on any atom is 4.00 e. The van der Waals surface area contributed by atoms with Crippen molar-refractivity contribution >= 4 is 17.9 Å². The van der Waals surface area contributed by atoms with Crippen LogP contribution in [0.15, 0.2) is 16.7 Å². The summed E-state index contributed by atoms with van der Waals surface area (Å²) >= 11 is 0. The van der Waals surface area contributed by atoms with Crippen LogP contribution < -0.4 is 15.3 Å². The van der Waals surface area contributed by atoms with Crippen molar-refractivity contribution in [1.82, 2.24) is 0 Å². The fourth-order valence-corrected chi connectivity index (χ4v) is 1.41. The number of carbonyl (C=O) groups excluding carboxylic acids is 3. The number of carboxylic acid groups (broad SMARTS) is 3. The van der Waals surface area contributed by atoms with Crippen LogP contribution in [0.1, 0.15) is 55.4 Å². The Bertz CT molecular complexity index is 421. The number of hydrogen-bond donors (Lipinski definition) is 0. The van der Waals surface area contributed by atoms with E-state index in [2.05, 4.69) is 40.7 Å². The Hall–Kier alpha value is -1.40. The maximum absolute atomic E-state index is 8.89. The molecule has 0 saturated carbocycles. The van der Waals surface area contributed by atoms with Crippen LogP contribution in [0, 0.1) is 11.5 Å². The molecule has 128 valence electrons. The van der Waals surface area contributed by atoms with Crippen molar-refractivity contribution < 1.29 is 51.4 Å². The Morgan fingerprint density at radius 3 is 1.09 bits per heavy atom. The SMILES string of the molecule is CC(=O)[O-].CC(=O)[O-].CC(=O)[O-].CC1=[C-]C(C)(C)C(C)=C1C.[Ti+4]. The summed E-state index contributed by atoms with van der Waals surface area (Å²) in [6.07, 6.45) is 3.44. The van der Waals surface area contributed by atoms with Gasteiger partial charge >= 0.3 is 21.7 Å². The van der Waals surface area contributed by atoms with Crippen molar-refractivity contribution in [2.45, 2.75) is 55.4 Å². The second-order valence-electron chi connectivity index (χ2n) is 5.10. The molecule has 1 aliphatic carbocycles. The molecule has 0 aliphatic heterocycles. The summed E-state index contributed by atoms with van der Waals surface area (Å²) in [6, 6.07) is 0. The Kier molecular flexibility index (Phi) is 18.3. The van der Waals surface area contributed by atoms with Crippen LogP contribution in [0.2, 0.25) is 0 Å². The van der Waals surface area contributed by atoms with E-state index in [0.717, 1.165) is 20.8 Å². The summed E-state index contributed by atoms with van der Waals surface area (Å²) in [5.41, 5.74) is 4.39. The van der Waals surface area contributed by atoms with Crippen LogP contribution >= 0.6 is 0 Å². The molecule has 0 aromatic carbocycles. The van der Waals surface area contributed by atoms with Crippen LogP contribution in [-0.2, 0) is 36.1 Å². The van der Waals surface area contributed by atoms with Gasteiger partial charge in [0.15, 0.2) is 0 Å². The summed E-state index contributed by atoms with van der Waals surface area (Å²) < 4.78 is 0. The first-order valence-electron chi connectivity index (χ1n) is 6.47. The molecule has 6 nitrogen and oxygen atoms in total. The zero-order valence-corrected chi connectivity index (χ0v) is 16.5. The molecule has 7 heteroatoms. The van der Waals surface area contributed by atoms with E-state index in [9.17, 15) is 0 Å². The van der Waals surface area contributed by atoms with Gasteiger partial charge in [0.25, 0.3) is 0 Å². The fourth-order valence-electron chi connectivity index (χ4n) is 1.41. The molecular formula is C16H24O6Ti. The van der Waals surface area contributed by atoms with Gasteiger partial charge < -0.3 is 29.7 Å². The monoisotopic (exact) mass is 360 g/mol. The van der Waals surface area contributed by atoms with E-state index in [1.54, 1.807) is 0 Å². The smallest absolute Gasteiger partial charge is 0.550 e. The van der Waals surface area contributed by atoms with E-state index in [4.69, 9.17) is 29.7 Å². The van der Waals surface area contributed by atoms with Crippen molar-refractivity contribution in [3.05, 3.63) is 22.8 Å². The van der Waals surface area contributed by atoms with Gasteiger partial charge in [-0.3, -0.25) is 6.08 Å². The second kappa shape index (κ2) is 14.2. The molecule has 0 aromatic heterocycles. The summed E-state index contributed by atoms with van der Waals surface area (Å²) in [4.78, 5) is 26.7. The summed E-state index contributed by atoms with van der Waals surface area (Å²) in [5.74, 6) is -3.25. The summed E-state index contributed by atoms with van der Waals surface area (Å²) in [7, 11) is 0. The van der Waals surface area contributed by atoms with E-state index < -0.39 is 17.9 Å². The minimum absolute atomic E-state index is 0. The molecule has 0 atom stereocenters. The number of rotatable bonds is 0. The molecule has 0 heterocycles. The van der Waals surface area contributed by atoms with Gasteiger partial charge in [-0.25, -0.2) is 5.57 Å². The van der Waals surface area contributed by atoms with Crippen molar-refractivity contribution in [3.8, 4) is 0 Å². The molecule has 0 unspecified atom stereocenters. The zero-order chi connectivity index (χ0) is 18.7. The molecule has 0 saturated heterocycles. The topological polar surface area (TPSA) is 120 Å². The average molecular weight is 360 g/mol. The number of carboxylic acids is 3.